The minimum absolute atomic E-state index is 0.167. The van der Waals surface area contributed by atoms with E-state index < -0.39 is 0 Å². The maximum absolute atomic E-state index is 13.0. The molecule has 4 heteroatoms. The number of rotatable bonds is 7. The fourth-order valence-electron chi connectivity index (χ4n) is 3.81. The first-order valence-electron chi connectivity index (χ1n) is 10.1. The molecule has 1 amide bonds. The summed E-state index contributed by atoms with van der Waals surface area (Å²) >= 11 is 0. The summed E-state index contributed by atoms with van der Waals surface area (Å²) in [4.78, 5) is 14.7. The maximum atomic E-state index is 13.0. The van der Waals surface area contributed by atoms with Gasteiger partial charge in [-0.2, -0.15) is 0 Å². The van der Waals surface area contributed by atoms with Crippen LogP contribution in [0.25, 0.3) is 0 Å². The molecule has 1 aliphatic rings. The van der Waals surface area contributed by atoms with E-state index in [1.54, 1.807) is 12.1 Å². The van der Waals surface area contributed by atoms with E-state index in [0.717, 1.165) is 48.2 Å². The molecule has 148 valence electrons. The Morgan fingerprint density at radius 3 is 2.34 bits per heavy atom. The van der Waals surface area contributed by atoms with E-state index >= 15 is 0 Å². The topological polar surface area (TPSA) is 29.5 Å². The molecule has 0 aromatic heterocycles. The highest BCUT2D eigenvalue weighted by Gasteiger charge is 2.28. The smallest absolute Gasteiger partial charge is 0.254 e. The van der Waals surface area contributed by atoms with Gasteiger partial charge in [0.15, 0.2) is 0 Å². The highest BCUT2D eigenvalue weighted by molar-refractivity contribution is 5.99. The van der Waals surface area contributed by atoms with Crippen LogP contribution < -0.4 is 4.74 Å². The number of carbonyl (C=O) groups excluding carboxylic acids is 1. The van der Waals surface area contributed by atoms with Crippen LogP contribution in [0.1, 0.15) is 40.4 Å². The average Bonchev–Trinajstić information content (AvgIpc) is 3.07. The third kappa shape index (κ3) is 4.32. The summed E-state index contributed by atoms with van der Waals surface area (Å²) in [5.41, 5.74) is 4.41. The Bertz CT molecular complexity index is 996. The van der Waals surface area contributed by atoms with E-state index in [2.05, 4.69) is 19.1 Å². The van der Waals surface area contributed by atoms with Crippen molar-refractivity contribution in [3.8, 4) is 11.5 Å². The lowest BCUT2D eigenvalue weighted by molar-refractivity contribution is 0.0776. The first-order chi connectivity index (χ1) is 14.1. The summed E-state index contributed by atoms with van der Waals surface area (Å²) in [6, 6.07) is 20.0. The maximum Gasteiger partial charge on any atom is 0.254 e. The molecule has 3 nitrogen and oxygen atoms in total. The number of nitrogens with zero attached hydrogens (tertiary/aromatic N) is 1. The van der Waals surface area contributed by atoms with Crippen LogP contribution in [0.3, 0.4) is 0 Å². The van der Waals surface area contributed by atoms with Gasteiger partial charge in [0, 0.05) is 18.7 Å². The number of carbonyl (C=O) groups is 1. The third-order valence-corrected chi connectivity index (χ3v) is 5.35. The number of hydrogen-bond acceptors (Lipinski definition) is 2. The van der Waals surface area contributed by atoms with Gasteiger partial charge in [-0.1, -0.05) is 37.3 Å². The SMILES string of the molecule is CCc1cccc2c1C(=O)N(CCCc1ccc(Oc3ccc(F)cc3)cc1)C2. The van der Waals surface area contributed by atoms with E-state index in [0.29, 0.717) is 12.3 Å². The summed E-state index contributed by atoms with van der Waals surface area (Å²) < 4.78 is 18.7. The zero-order valence-electron chi connectivity index (χ0n) is 16.5. The van der Waals surface area contributed by atoms with Gasteiger partial charge in [-0.3, -0.25) is 4.79 Å². The Balaban J connectivity index is 1.30. The number of fused-ring (bicyclic) bond motifs is 1. The number of amides is 1. The molecule has 0 atom stereocenters. The molecular formula is C25H24FNO2. The van der Waals surface area contributed by atoms with E-state index in [1.165, 1.54) is 17.7 Å². The van der Waals surface area contributed by atoms with Crippen molar-refractivity contribution in [3.05, 3.63) is 94.8 Å². The third-order valence-electron chi connectivity index (χ3n) is 5.35. The molecule has 0 radical (unpaired) electrons. The van der Waals surface area contributed by atoms with Gasteiger partial charge in [0.05, 0.1) is 0 Å². The van der Waals surface area contributed by atoms with Gasteiger partial charge < -0.3 is 9.64 Å². The second-order valence-corrected chi connectivity index (χ2v) is 7.34. The number of hydrogen-bond donors (Lipinski definition) is 0. The summed E-state index contributed by atoms with van der Waals surface area (Å²) in [7, 11) is 0. The van der Waals surface area contributed by atoms with Crippen molar-refractivity contribution in [2.24, 2.45) is 0 Å². The zero-order valence-corrected chi connectivity index (χ0v) is 16.5. The molecule has 3 aromatic rings. The normalized spacial score (nSPS) is 12.9. The lowest BCUT2D eigenvalue weighted by atomic mass is 10.0. The molecular weight excluding hydrogens is 365 g/mol. The van der Waals surface area contributed by atoms with Gasteiger partial charge in [0.2, 0.25) is 0 Å². The Labute approximate surface area is 170 Å². The fourth-order valence-corrected chi connectivity index (χ4v) is 3.81. The van der Waals surface area contributed by atoms with Crippen molar-refractivity contribution in [1.29, 1.82) is 0 Å². The first kappa shape index (κ1) is 19.2. The summed E-state index contributed by atoms with van der Waals surface area (Å²) in [5.74, 6) is 1.22. The van der Waals surface area contributed by atoms with Crippen LogP contribution in [0.2, 0.25) is 0 Å². The second-order valence-electron chi connectivity index (χ2n) is 7.34. The molecule has 0 aliphatic carbocycles. The average molecular weight is 389 g/mol. The van der Waals surface area contributed by atoms with Crippen molar-refractivity contribution >= 4 is 5.91 Å². The fraction of sp³-hybridized carbons (Fsp3) is 0.240. The highest BCUT2D eigenvalue weighted by Crippen LogP contribution is 2.27. The minimum atomic E-state index is -0.279. The van der Waals surface area contributed by atoms with E-state index in [9.17, 15) is 9.18 Å². The van der Waals surface area contributed by atoms with Gasteiger partial charge in [0.25, 0.3) is 5.91 Å². The lowest BCUT2D eigenvalue weighted by Gasteiger charge is -2.15. The van der Waals surface area contributed by atoms with Crippen molar-refractivity contribution in [1.82, 2.24) is 4.90 Å². The summed E-state index contributed by atoms with van der Waals surface area (Å²) in [6.45, 7) is 3.56. The molecule has 1 heterocycles. The molecule has 0 N–H and O–H groups in total. The molecule has 0 saturated heterocycles. The van der Waals surface area contributed by atoms with Crippen molar-refractivity contribution in [2.45, 2.75) is 32.7 Å². The quantitative estimate of drug-likeness (QED) is 0.513. The van der Waals surface area contributed by atoms with Crippen molar-refractivity contribution < 1.29 is 13.9 Å². The lowest BCUT2D eigenvalue weighted by Crippen LogP contribution is -2.25. The van der Waals surface area contributed by atoms with E-state index in [1.807, 2.05) is 35.2 Å². The van der Waals surface area contributed by atoms with E-state index in [-0.39, 0.29) is 11.7 Å². The second kappa shape index (κ2) is 8.48. The number of aryl methyl sites for hydroxylation is 2. The van der Waals surface area contributed by atoms with Gasteiger partial charge in [-0.05, 0) is 72.4 Å². The standard InChI is InChI=1S/C25H24FNO2/c1-2-19-6-3-7-20-17-27(25(28)24(19)20)16-4-5-18-8-12-22(13-9-18)29-23-14-10-21(26)11-15-23/h3,6-15H,2,4-5,16-17H2,1H3. The van der Waals surface area contributed by atoms with Crippen LogP contribution >= 0.6 is 0 Å². The van der Waals surface area contributed by atoms with Crippen molar-refractivity contribution in [3.63, 3.8) is 0 Å². The Hall–Kier alpha value is -3.14. The highest BCUT2D eigenvalue weighted by atomic mass is 19.1. The molecule has 4 rings (SSSR count). The molecule has 29 heavy (non-hydrogen) atoms. The monoisotopic (exact) mass is 389 g/mol. The van der Waals surface area contributed by atoms with Gasteiger partial charge in [-0.15, -0.1) is 0 Å². The molecule has 3 aromatic carbocycles. The minimum Gasteiger partial charge on any atom is -0.457 e. The molecule has 0 spiro atoms. The molecule has 0 saturated carbocycles. The molecule has 1 aliphatic heterocycles. The van der Waals surface area contributed by atoms with Gasteiger partial charge in [0.1, 0.15) is 17.3 Å². The predicted molar refractivity (Wildman–Crippen MR) is 112 cm³/mol. The van der Waals surface area contributed by atoms with Crippen LogP contribution in [0.15, 0.2) is 66.7 Å². The zero-order chi connectivity index (χ0) is 20.2. The predicted octanol–water partition coefficient (Wildman–Crippen LogP) is 5.77. The summed E-state index contributed by atoms with van der Waals surface area (Å²) in [6.07, 6.45) is 2.70. The van der Waals surface area contributed by atoms with Crippen LogP contribution in [-0.4, -0.2) is 17.4 Å². The Morgan fingerprint density at radius 1 is 0.966 bits per heavy atom. The number of halogens is 1. The van der Waals surface area contributed by atoms with Crippen LogP contribution in [-0.2, 0) is 19.4 Å². The van der Waals surface area contributed by atoms with Crippen molar-refractivity contribution in [2.75, 3.05) is 6.54 Å². The Kier molecular flexibility index (Phi) is 5.61. The first-order valence-corrected chi connectivity index (χ1v) is 10.1. The summed E-state index contributed by atoms with van der Waals surface area (Å²) in [5, 5.41) is 0. The Morgan fingerprint density at radius 2 is 1.66 bits per heavy atom. The number of benzene rings is 3. The van der Waals surface area contributed by atoms with Gasteiger partial charge >= 0.3 is 0 Å². The van der Waals surface area contributed by atoms with Crippen LogP contribution in [0.5, 0.6) is 11.5 Å². The molecule has 0 fully saturated rings. The van der Waals surface area contributed by atoms with Crippen LogP contribution in [0.4, 0.5) is 4.39 Å². The van der Waals surface area contributed by atoms with E-state index in [4.69, 9.17) is 4.74 Å². The largest absolute Gasteiger partial charge is 0.457 e. The van der Waals surface area contributed by atoms with Gasteiger partial charge in [-0.25, -0.2) is 4.39 Å². The molecule has 0 bridgehead atoms. The number of ether oxygens (including phenoxy) is 1. The molecule has 0 unspecified atom stereocenters. The van der Waals surface area contributed by atoms with Crippen LogP contribution in [0, 0.1) is 5.82 Å².